The molecule has 0 bridgehead atoms. The lowest BCUT2D eigenvalue weighted by Gasteiger charge is -2.11. The second-order valence-corrected chi connectivity index (χ2v) is 9.67. The van der Waals surface area contributed by atoms with Crippen LogP contribution in [0.25, 0.3) is 11.4 Å². The summed E-state index contributed by atoms with van der Waals surface area (Å²) in [7, 11) is 1.37. The molecule has 10 heteroatoms. The highest BCUT2D eigenvalue weighted by Gasteiger charge is 2.27. The number of anilines is 1. The number of esters is 1. The van der Waals surface area contributed by atoms with Crippen molar-refractivity contribution in [3.8, 4) is 11.4 Å². The Kier molecular flexibility index (Phi) is 7.56. The normalized spacial score (nSPS) is 12.8. The lowest BCUT2D eigenvalue weighted by Crippen LogP contribution is -2.15. The number of allylic oxidation sites excluding steroid dienone is 1. The molecule has 172 valence electrons. The average molecular weight is 484 g/mol. The third kappa shape index (κ3) is 5.17. The number of hydrogen-bond acceptors (Lipinski definition) is 8. The van der Waals surface area contributed by atoms with Gasteiger partial charge in [-0.2, -0.15) is 0 Å². The van der Waals surface area contributed by atoms with Gasteiger partial charge >= 0.3 is 5.97 Å². The summed E-state index contributed by atoms with van der Waals surface area (Å²) in [5, 5.41) is 12.8. The average Bonchev–Trinajstić information content (AvgIpc) is 3.40. The Morgan fingerprint density at radius 1 is 1.33 bits per heavy atom. The molecule has 3 heterocycles. The maximum absolute atomic E-state index is 12.7. The highest BCUT2D eigenvalue weighted by Crippen LogP contribution is 2.38. The number of hydrogen-bond donors (Lipinski definition) is 1. The Hall–Kier alpha value is -2.98. The monoisotopic (exact) mass is 483 g/mol. The van der Waals surface area contributed by atoms with Gasteiger partial charge in [-0.15, -0.1) is 28.1 Å². The maximum atomic E-state index is 12.7. The van der Waals surface area contributed by atoms with Crippen LogP contribution in [0.15, 0.2) is 42.3 Å². The SMILES string of the molecule is C=CCn1c(SCCC(=O)Nc2sc3c(c2C(=O)OC)CCCC3)nnc1-c1cccnc1. The largest absolute Gasteiger partial charge is 0.465 e. The van der Waals surface area contributed by atoms with Gasteiger partial charge in [0, 0.05) is 41.6 Å². The van der Waals surface area contributed by atoms with Crippen molar-refractivity contribution < 1.29 is 14.3 Å². The smallest absolute Gasteiger partial charge is 0.341 e. The minimum absolute atomic E-state index is 0.145. The van der Waals surface area contributed by atoms with Crippen molar-refractivity contribution in [1.82, 2.24) is 19.7 Å². The number of pyridine rings is 1. The van der Waals surface area contributed by atoms with Gasteiger partial charge in [0.1, 0.15) is 5.00 Å². The van der Waals surface area contributed by atoms with Crippen LogP contribution in [0.4, 0.5) is 5.00 Å². The number of thiophene rings is 1. The summed E-state index contributed by atoms with van der Waals surface area (Å²) < 4.78 is 6.93. The van der Waals surface area contributed by atoms with Crippen molar-refractivity contribution in [2.24, 2.45) is 0 Å². The minimum Gasteiger partial charge on any atom is -0.465 e. The van der Waals surface area contributed by atoms with Crippen LogP contribution in [0.1, 0.15) is 40.1 Å². The molecule has 1 aliphatic rings. The molecule has 0 spiro atoms. The number of aryl methyl sites for hydroxylation is 1. The molecule has 0 saturated heterocycles. The van der Waals surface area contributed by atoms with Gasteiger partial charge in [-0.05, 0) is 43.4 Å². The van der Waals surface area contributed by atoms with Crippen LogP contribution < -0.4 is 5.32 Å². The van der Waals surface area contributed by atoms with Crippen molar-refractivity contribution >= 4 is 40.0 Å². The second-order valence-electron chi connectivity index (χ2n) is 7.50. The van der Waals surface area contributed by atoms with E-state index in [1.807, 2.05) is 16.7 Å². The van der Waals surface area contributed by atoms with Gasteiger partial charge in [-0.25, -0.2) is 4.79 Å². The van der Waals surface area contributed by atoms with Crippen LogP contribution in [-0.4, -0.2) is 44.5 Å². The zero-order chi connectivity index (χ0) is 23.2. The summed E-state index contributed by atoms with van der Waals surface area (Å²) in [6.07, 6.45) is 9.44. The molecule has 3 aromatic heterocycles. The predicted molar refractivity (Wildman–Crippen MR) is 130 cm³/mol. The fourth-order valence-corrected chi connectivity index (χ4v) is 5.97. The Bertz CT molecular complexity index is 1160. The molecule has 0 aliphatic heterocycles. The summed E-state index contributed by atoms with van der Waals surface area (Å²) in [6.45, 7) is 4.37. The fourth-order valence-electron chi connectivity index (χ4n) is 3.79. The molecule has 8 nitrogen and oxygen atoms in total. The molecule has 0 atom stereocenters. The lowest BCUT2D eigenvalue weighted by atomic mass is 9.95. The Balaban J connectivity index is 1.42. The van der Waals surface area contributed by atoms with Gasteiger partial charge in [0.15, 0.2) is 11.0 Å². The minimum atomic E-state index is -0.389. The number of fused-ring (bicyclic) bond motifs is 1. The van der Waals surface area contributed by atoms with E-state index in [0.717, 1.165) is 36.8 Å². The first kappa shape index (κ1) is 23.2. The summed E-state index contributed by atoms with van der Waals surface area (Å²) in [5.41, 5.74) is 2.42. The van der Waals surface area contributed by atoms with Crippen LogP contribution in [0, 0.1) is 0 Å². The number of ether oxygens (including phenoxy) is 1. The van der Waals surface area contributed by atoms with E-state index >= 15 is 0 Å². The summed E-state index contributed by atoms with van der Waals surface area (Å²) in [4.78, 5) is 30.4. The summed E-state index contributed by atoms with van der Waals surface area (Å²) in [6, 6.07) is 3.78. The molecule has 0 radical (unpaired) electrons. The van der Waals surface area contributed by atoms with Gasteiger partial charge in [0.25, 0.3) is 0 Å². The molecule has 0 unspecified atom stereocenters. The topological polar surface area (TPSA) is 99.0 Å². The van der Waals surface area contributed by atoms with Crippen molar-refractivity contribution in [2.45, 2.75) is 43.8 Å². The summed E-state index contributed by atoms with van der Waals surface area (Å²) >= 11 is 2.95. The number of nitrogens with one attached hydrogen (secondary N) is 1. The van der Waals surface area contributed by atoms with Crippen molar-refractivity contribution in [1.29, 1.82) is 0 Å². The fraction of sp³-hybridized carbons (Fsp3) is 0.348. The molecule has 33 heavy (non-hydrogen) atoms. The first-order valence-corrected chi connectivity index (χ1v) is 12.5. The number of methoxy groups -OCH3 is 1. The molecular formula is C23H25N5O3S2. The Morgan fingerprint density at radius 2 is 2.18 bits per heavy atom. The van der Waals surface area contributed by atoms with Gasteiger partial charge in [-0.1, -0.05) is 17.8 Å². The highest BCUT2D eigenvalue weighted by atomic mass is 32.2. The third-order valence-corrected chi connectivity index (χ3v) is 7.50. The van der Waals surface area contributed by atoms with E-state index in [0.29, 0.717) is 33.8 Å². The van der Waals surface area contributed by atoms with Crippen LogP contribution >= 0.6 is 23.1 Å². The van der Waals surface area contributed by atoms with Gasteiger partial charge in [-0.3, -0.25) is 14.3 Å². The molecule has 1 N–H and O–H groups in total. The standard InChI is InChI=1S/C23H25N5O3S2/c1-3-12-28-20(15-7-6-11-24-14-15)26-27-23(28)32-13-10-18(29)25-21-19(22(30)31-2)16-8-4-5-9-17(16)33-21/h3,6-7,11,14H,1,4-5,8-10,12-13H2,2H3,(H,25,29). The maximum Gasteiger partial charge on any atom is 0.341 e. The van der Waals surface area contributed by atoms with Crippen molar-refractivity contribution in [3.63, 3.8) is 0 Å². The molecule has 1 aliphatic carbocycles. The first-order chi connectivity index (χ1) is 16.1. The number of thioether (sulfide) groups is 1. The second kappa shape index (κ2) is 10.8. The number of nitrogens with zero attached hydrogens (tertiary/aromatic N) is 4. The Labute approximate surface area is 200 Å². The zero-order valence-corrected chi connectivity index (χ0v) is 20.0. The molecule has 0 saturated carbocycles. The number of amides is 1. The first-order valence-electron chi connectivity index (χ1n) is 10.7. The van der Waals surface area contributed by atoms with E-state index in [1.54, 1.807) is 18.5 Å². The number of carbonyl (C=O) groups excluding carboxylic acids is 2. The highest BCUT2D eigenvalue weighted by molar-refractivity contribution is 7.99. The molecule has 0 fully saturated rings. The molecule has 3 aromatic rings. The van der Waals surface area contributed by atoms with Gasteiger partial charge in [0.05, 0.1) is 12.7 Å². The van der Waals surface area contributed by atoms with E-state index in [1.165, 1.54) is 35.1 Å². The molecule has 0 aromatic carbocycles. The molecule has 1 amide bonds. The van der Waals surface area contributed by atoms with E-state index in [4.69, 9.17) is 4.74 Å². The third-order valence-electron chi connectivity index (χ3n) is 5.32. The van der Waals surface area contributed by atoms with Crippen molar-refractivity contribution in [2.75, 3.05) is 18.2 Å². The Morgan fingerprint density at radius 3 is 2.94 bits per heavy atom. The molecule has 4 rings (SSSR count). The van der Waals surface area contributed by atoms with Crippen LogP contribution in [-0.2, 0) is 28.9 Å². The lowest BCUT2D eigenvalue weighted by molar-refractivity contribution is -0.115. The molecular weight excluding hydrogens is 458 g/mol. The zero-order valence-electron chi connectivity index (χ0n) is 18.4. The van der Waals surface area contributed by atoms with Crippen LogP contribution in [0.2, 0.25) is 0 Å². The van der Waals surface area contributed by atoms with E-state index in [2.05, 4.69) is 27.1 Å². The summed E-state index contributed by atoms with van der Waals surface area (Å²) in [5.74, 6) is 0.696. The number of rotatable bonds is 9. The number of aromatic nitrogens is 4. The van der Waals surface area contributed by atoms with E-state index in [-0.39, 0.29) is 18.3 Å². The predicted octanol–water partition coefficient (Wildman–Crippen LogP) is 4.37. The van der Waals surface area contributed by atoms with E-state index < -0.39 is 0 Å². The van der Waals surface area contributed by atoms with Crippen LogP contribution in [0.3, 0.4) is 0 Å². The van der Waals surface area contributed by atoms with Crippen molar-refractivity contribution in [3.05, 3.63) is 53.2 Å². The van der Waals surface area contributed by atoms with Crippen LogP contribution in [0.5, 0.6) is 0 Å². The van der Waals surface area contributed by atoms with E-state index in [9.17, 15) is 9.59 Å². The van der Waals surface area contributed by atoms with Gasteiger partial charge in [0.2, 0.25) is 5.91 Å². The number of carbonyl (C=O) groups is 2. The quantitative estimate of drug-likeness (QED) is 0.274. The van der Waals surface area contributed by atoms with Gasteiger partial charge < -0.3 is 10.1 Å².